The smallest absolute Gasteiger partial charge is 0.427 e. The number of ether oxygens (including phenoxy) is 1. The molecule has 1 atom stereocenters. The second-order valence-corrected chi connectivity index (χ2v) is 7.26. The van der Waals surface area contributed by atoms with Gasteiger partial charge in [0.15, 0.2) is 0 Å². The normalized spacial score (nSPS) is 21.2. The van der Waals surface area contributed by atoms with Gasteiger partial charge in [-0.25, -0.2) is 0 Å². The van der Waals surface area contributed by atoms with E-state index in [4.69, 9.17) is 15.8 Å². The largest absolute Gasteiger partial charge is 0.573 e. The van der Waals surface area contributed by atoms with Crippen LogP contribution in [0.5, 0.6) is 5.75 Å². The first-order valence-corrected chi connectivity index (χ1v) is 9.19. The van der Waals surface area contributed by atoms with Crippen molar-refractivity contribution in [2.45, 2.75) is 63.7 Å². The van der Waals surface area contributed by atoms with Crippen LogP contribution in [0.3, 0.4) is 0 Å². The van der Waals surface area contributed by atoms with Gasteiger partial charge in [0.2, 0.25) is 0 Å². The minimum absolute atomic E-state index is 0.167. The summed E-state index contributed by atoms with van der Waals surface area (Å²) in [4.78, 5) is 0. The fraction of sp³-hybridized carbons (Fsp3) is 0.667. The Bertz CT molecular complexity index is 533. The van der Waals surface area contributed by atoms with Crippen molar-refractivity contribution in [1.82, 2.24) is 0 Å². The lowest BCUT2D eigenvalue weighted by molar-refractivity contribution is -0.274. The van der Waals surface area contributed by atoms with Crippen LogP contribution in [0, 0.1) is 11.8 Å². The predicted octanol–water partition coefficient (Wildman–Crippen LogP) is 3.51. The van der Waals surface area contributed by atoms with E-state index in [-0.39, 0.29) is 11.8 Å². The number of rotatable bonds is 10. The Balaban J connectivity index is 1.60. The van der Waals surface area contributed by atoms with Crippen LogP contribution in [0.15, 0.2) is 24.3 Å². The molecule has 146 valence electrons. The molecule has 1 saturated carbocycles. The lowest BCUT2D eigenvalue weighted by Crippen LogP contribution is -2.39. The number of nitrogens with two attached hydrogens (primary N) is 1. The van der Waals surface area contributed by atoms with Crippen LogP contribution in [0.2, 0.25) is 6.32 Å². The Morgan fingerprint density at radius 1 is 1.15 bits per heavy atom. The van der Waals surface area contributed by atoms with Crippen LogP contribution < -0.4 is 10.5 Å². The number of alkyl halides is 3. The molecule has 0 radical (unpaired) electrons. The van der Waals surface area contributed by atoms with E-state index in [1.165, 1.54) is 12.1 Å². The second-order valence-electron chi connectivity index (χ2n) is 7.26. The number of unbranched alkanes of at least 4 members (excludes halogenated alkanes) is 1. The maximum atomic E-state index is 12.1. The van der Waals surface area contributed by atoms with Gasteiger partial charge < -0.3 is 20.5 Å². The number of aryl methyl sites for hydroxylation is 1. The molecule has 0 aromatic heterocycles. The van der Waals surface area contributed by atoms with Gasteiger partial charge in [-0.1, -0.05) is 25.0 Å². The van der Waals surface area contributed by atoms with Gasteiger partial charge in [-0.2, -0.15) is 0 Å². The number of hydrogen-bond donors (Lipinski definition) is 3. The fourth-order valence-electron chi connectivity index (χ4n) is 3.54. The average molecular weight is 373 g/mol. The molecule has 1 aromatic rings. The molecule has 1 fully saturated rings. The average Bonchev–Trinajstić information content (AvgIpc) is 2.50. The summed E-state index contributed by atoms with van der Waals surface area (Å²) in [5.74, 6) is 0.961. The molecule has 26 heavy (non-hydrogen) atoms. The molecule has 0 aliphatic heterocycles. The summed E-state index contributed by atoms with van der Waals surface area (Å²) >= 11 is 0. The Morgan fingerprint density at radius 2 is 1.81 bits per heavy atom. The van der Waals surface area contributed by atoms with Gasteiger partial charge in [0.05, 0.1) is 0 Å². The van der Waals surface area contributed by atoms with Gasteiger partial charge in [0.1, 0.15) is 5.75 Å². The zero-order chi connectivity index (χ0) is 19.2. The molecule has 1 unspecified atom stereocenters. The van der Waals surface area contributed by atoms with Crippen molar-refractivity contribution in [3.05, 3.63) is 29.8 Å². The minimum Gasteiger partial charge on any atom is -0.427 e. The molecule has 0 amide bonds. The van der Waals surface area contributed by atoms with Crippen molar-refractivity contribution in [1.29, 1.82) is 0 Å². The first-order valence-electron chi connectivity index (χ1n) is 9.19. The molecule has 0 heterocycles. The molecule has 0 bridgehead atoms. The third kappa shape index (κ3) is 7.56. The second kappa shape index (κ2) is 9.62. The van der Waals surface area contributed by atoms with E-state index in [0.29, 0.717) is 18.2 Å². The van der Waals surface area contributed by atoms with E-state index >= 15 is 0 Å². The molecule has 2 rings (SSSR count). The molecular formula is C18H27BF3NO3. The summed E-state index contributed by atoms with van der Waals surface area (Å²) in [7, 11) is -1.23. The monoisotopic (exact) mass is 373 g/mol. The molecule has 4 N–H and O–H groups in total. The molecule has 0 saturated heterocycles. The zero-order valence-corrected chi connectivity index (χ0v) is 14.8. The van der Waals surface area contributed by atoms with Crippen LogP contribution in [0.4, 0.5) is 13.2 Å². The Morgan fingerprint density at radius 3 is 2.38 bits per heavy atom. The van der Waals surface area contributed by atoms with E-state index in [2.05, 4.69) is 4.74 Å². The van der Waals surface area contributed by atoms with Gasteiger partial charge >= 0.3 is 13.5 Å². The lowest BCUT2D eigenvalue weighted by atomic mass is 9.68. The Kier molecular flexibility index (Phi) is 7.79. The summed E-state index contributed by atoms with van der Waals surface area (Å²) in [5, 5.41) is 17.6. The van der Waals surface area contributed by atoms with E-state index < -0.39 is 13.5 Å². The highest BCUT2D eigenvalue weighted by atomic mass is 19.4. The van der Waals surface area contributed by atoms with Crippen molar-refractivity contribution < 1.29 is 28.0 Å². The van der Waals surface area contributed by atoms with Gasteiger partial charge in [0.25, 0.3) is 0 Å². The van der Waals surface area contributed by atoms with Crippen molar-refractivity contribution in [3.8, 4) is 5.75 Å². The summed E-state index contributed by atoms with van der Waals surface area (Å²) in [6, 6.07) is 6.23. The minimum atomic E-state index is -4.65. The van der Waals surface area contributed by atoms with Crippen LogP contribution in [0.1, 0.15) is 44.1 Å². The summed E-state index contributed by atoms with van der Waals surface area (Å²) < 4.78 is 40.3. The third-order valence-electron chi connectivity index (χ3n) is 5.13. The highest BCUT2D eigenvalue weighted by molar-refractivity contribution is 6.40. The maximum Gasteiger partial charge on any atom is 0.573 e. The summed E-state index contributed by atoms with van der Waals surface area (Å²) in [6.45, 7) is 0. The summed E-state index contributed by atoms with van der Waals surface area (Å²) in [5.41, 5.74) is 7.21. The van der Waals surface area contributed by atoms with Gasteiger partial charge in [-0.05, 0) is 68.0 Å². The molecule has 1 aliphatic carbocycles. The molecule has 8 heteroatoms. The SMILES string of the molecule is NC(CCCCB(O)O)C1CC(CCc2ccc(OC(F)(F)F)cc2)C1. The maximum absolute atomic E-state index is 12.1. The van der Waals surface area contributed by atoms with E-state index in [0.717, 1.165) is 50.5 Å². The van der Waals surface area contributed by atoms with Crippen molar-refractivity contribution in [2.24, 2.45) is 17.6 Å². The van der Waals surface area contributed by atoms with Crippen molar-refractivity contribution in [3.63, 3.8) is 0 Å². The molecule has 0 spiro atoms. The topological polar surface area (TPSA) is 75.7 Å². The fourth-order valence-corrected chi connectivity index (χ4v) is 3.54. The van der Waals surface area contributed by atoms with Gasteiger partial charge in [0, 0.05) is 6.04 Å². The molecular weight excluding hydrogens is 346 g/mol. The Hall–Kier alpha value is -1.25. The van der Waals surface area contributed by atoms with Crippen LogP contribution in [-0.4, -0.2) is 29.6 Å². The third-order valence-corrected chi connectivity index (χ3v) is 5.13. The highest BCUT2D eigenvalue weighted by Gasteiger charge is 2.33. The summed E-state index contributed by atoms with van der Waals surface area (Å²) in [6.07, 6.45) is 2.38. The number of hydrogen-bond acceptors (Lipinski definition) is 4. The quantitative estimate of drug-likeness (QED) is 0.433. The predicted molar refractivity (Wildman–Crippen MR) is 94.5 cm³/mol. The van der Waals surface area contributed by atoms with Gasteiger partial charge in [-0.3, -0.25) is 0 Å². The Labute approximate surface area is 152 Å². The molecule has 4 nitrogen and oxygen atoms in total. The molecule has 1 aromatic carbocycles. The van der Waals surface area contributed by atoms with Crippen molar-refractivity contribution in [2.75, 3.05) is 0 Å². The molecule has 1 aliphatic rings. The highest BCUT2D eigenvalue weighted by Crippen LogP contribution is 2.39. The number of halogens is 3. The van der Waals surface area contributed by atoms with Crippen LogP contribution in [0.25, 0.3) is 0 Å². The zero-order valence-electron chi connectivity index (χ0n) is 14.8. The van der Waals surface area contributed by atoms with Gasteiger partial charge in [-0.15, -0.1) is 13.2 Å². The van der Waals surface area contributed by atoms with E-state index in [9.17, 15) is 13.2 Å². The van der Waals surface area contributed by atoms with E-state index in [1.807, 2.05) is 0 Å². The van der Waals surface area contributed by atoms with Crippen LogP contribution >= 0.6 is 0 Å². The standard InChI is InChI=1S/C18H27BF3NO3/c20-18(21,22)26-16-8-6-13(7-9-16)4-5-14-11-15(12-14)17(23)3-1-2-10-19(24)25/h6-9,14-15,17,24-25H,1-5,10-12,23H2. The van der Waals surface area contributed by atoms with Crippen LogP contribution in [-0.2, 0) is 6.42 Å². The first-order chi connectivity index (χ1) is 12.2. The van der Waals surface area contributed by atoms with E-state index in [1.54, 1.807) is 12.1 Å². The van der Waals surface area contributed by atoms with Crippen molar-refractivity contribution >= 4 is 7.12 Å². The first kappa shape index (κ1) is 21.1. The number of benzene rings is 1. The lowest BCUT2D eigenvalue weighted by Gasteiger charge is -2.39.